The van der Waals surface area contributed by atoms with E-state index in [0.29, 0.717) is 12.0 Å². The Bertz CT molecular complexity index is 510. The molecular formula is C14H19N2+. The first kappa shape index (κ1) is 9.91. The molecule has 0 bridgehead atoms. The number of hydrogen-bond acceptors (Lipinski definition) is 0. The summed E-state index contributed by atoms with van der Waals surface area (Å²) in [6.45, 7) is 5.83. The first-order valence-corrected chi connectivity index (χ1v) is 6.20. The number of H-pyrrole nitrogens is 1. The third-order valence-electron chi connectivity index (χ3n) is 3.71. The van der Waals surface area contributed by atoms with E-state index in [4.69, 9.17) is 0 Å². The van der Waals surface area contributed by atoms with Crippen molar-refractivity contribution < 1.29 is 5.32 Å². The van der Waals surface area contributed by atoms with Crippen molar-refractivity contribution >= 4 is 10.9 Å². The number of aromatic amines is 1. The fraction of sp³-hybridized carbons (Fsp3) is 0.429. The average molecular weight is 215 g/mol. The molecule has 2 nitrogen and oxygen atoms in total. The topological polar surface area (TPSA) is 32.4 Å². The molecule has 0 radical (unpaired) electrons. The Hall–Kier alpha value is -1.28. The molecular weight excluding hydrogens is 196 g/mol. The van der Waals surface area contributed by atoms with E-state index in [1.807, 2.05) is 0 Å². The van der Waals surface area contributed by atoms with Gasteiger partial charge >= 0.3 is 0 Å². The summed E-state index contributed by atoms with van der Waals surface area (Å²) in [5.74, 6) is 0.687. The number of para-hydroxylation sites is 1. The van der Waals surface area contributed by atoms with E-state index in [-0.39, 0.29) is 0 Å². The smallest absolute Gasteiger partial charge is 0.129 e. The van der Waals surface area contributed by atoms with Gasteiger partial charge in [0.1, 0.15) is 6.04 Å². The first-order valence-electron chi connectivity index (χ1n) is 6.20. The molecule has 1 aliphatic rings. The van der Waals surface area contributed by atoms with Crippen LogP contribution in [-0.4, -0.2) is 11.5 Å². The zero-order valence-electron chi connectivity index (χ0n) is 9.96. The van der Waals surface area contributed by atoms with Crippen molar-refractivity contribution in [2.24, 2.45) is 5.92 Å². The molecule has 0 saturated heterocycles. The molecule has 1 atom stereocenters. The number of aromatic nitrogens is 1. The highest BCUT2D eigenvalue weighted by molar-refractivity contribution is 5.84. The second-order valence-electron chi connectivity index (χ2n) is 5.11. The number of rotatable bonds is 1. The van der Waals surface area contributed by atoms with Gasteiger partial charge in [0.2, 0.25) is 0 Å². The summed E-state index contributed by atoms with van der Waals surface area (Å²) < 4.78 is 0. The monoisotopic (exact) mass is 215 g/mol. The van der Waals surface area contributed by atoms with Crippen LogP contribution in [0.25, 0.3) is 10.9 Å². The molecule has 1 aliphatic heterocycles. The highest BCUT2D eigenvalue weighted by Crippen LogP contribution is 2.30. The van der Waals surface area contributed by atoms with Crippen LogP contribution in [0, 0.1) is 5.92 Å². The minimum absolute atomic E-state index is 0.608. The van der Waals surface area contributed by atoms with E-state index in [2.05, 4.69) is 48.4 Å². The zero-order chi connectivity index (χ0) is 11.1. The fourth-order valence-corrected chi connectivity index (χ4v) is 2.91. The van der Waals surface area contributed by atoms with Gasteiger partial charge in [0.05, 0.1) is 12.2 Å². The molecule has 3 N–H and O–H groups in total. The maximum atomic E-state index is 3.62. The molecule has 0 saturated carbocycles. The van der Waals surface area contributed by atoms with Gasteiger partial charge in [0, 0.05) is 23.2 Å². The van der Waals surface area contributed by atoms with Crippen molar-refractivity contribution in [2.45, 2.75) is 26.3 Å². The average Bonchev–Trinajstić information content (AvgIpc) is 2.67. The molecule has 2 heteroatoms. The first-order chi connectivity index (χ1) is 7.77. The minimum Gasteiger partial charge on any atom is -0.353 e. The lowest BCUT2D eigenvalue weighted by molar-refractivity contribution is -0.705. The molecule has 0 aliphatic carbocycles. The molecule has 0 fully saturated rings. The molecule has 0 amide bonds. The van der Waals surface area contributed by atoms with Gasteiger partial charge in [-0.05, 0) is 11.6 Å². The van der Waals surface area contributed by atoms with Crippen molar-refractivity contribution in [1.29, 1.82) is 0 Å². The van der Waals surface area contributed by atoms with Crippen LogP contribution in [-0.2, 0) is 6.42 Å². The van der Waals surface area contributed by atoms with Gasteiger partial charge in [-0.2, -0.15) is 0 Å². The van der Waals surface area contributed by atoms with Crippen LogP contribution in [0.15, 0.2) is 24.3 Å². The van der Waals surface area contributed by atoms with Crippen molar-refractivity contribution in [3.8, 4) is 0 Å². The van der Waals surface area contributed by atoms with Crippen LogP contribution in [0.5, 0.6) is 0 Å². The van der Waals surface area contributed by atoms with Gasteiger partial charge in [-0.1, -0.05) is 32.0 Å². The number of nitrogens with one attached hydrogen (secondary N) is 1. The van der Waals surface area contributed by atoms with Gasteiger partial charge in [0.15, 0.2) is 0 Å². The van der Waals surface area contributed by atoms with E-state index in [9.17, 15) is 0 Å². The summed E-state index contributed by atoms with van der Waals surface area (Å²) in [5.41, 5.74) is 4.31. The molecule has 0 spiro atoms. The van der Waals surface area contributed by atoms with Gasteiger partial charge < -0.3 is 10.3 Å². The lowest BCUT2D eigenvalue weighted by Gasteiger charge is -2.23. The largest absolute Gasteiger partial charge is 0.353 e. The molecule has 84 valence electrons. The molecule has 3 rings (SSSR count). The van der Waals surface area contributed by atoms with Gasteiger partial charge in [-0.3, -0.25) is 0 Å². The van der Waals surface area contributed by atoms with E-state index in [0.717, 1.165) is 0 Å². The van der Waals surface area contributed by atoms with Crippen LogP contribution in [0.1, 0.15) is 31.1 Å². The van der Waals surface area contributed by atoms with Crippen molar-refractivity contribution in [3.05, 3.63) is 35.5 Å². The normalized spacial score (nSPS) is 20.3. The second-order valence-corrected chi connectivity index (χ2v) is 5.11. The van der Waals surface area contributed by atoms with E-state index < -0.39 is 0 Å². The van der Waals surface area contributed by atoms with Crippen LogP contribution in [0.2, 0.25) is 0 Å². The lowest BCUT2D eigenvalue weighted by atomic mass is 9.92. The molecule has 2 heterocycles. The standard InChI is InChI=1S/C14H18N2/c1-9(2)13-14-11(7-8-15-13)10-5-3-4-6-12(10)16-14/h3-6,9,13,15-16H,7-8H2,1-2H3/p+1. The Kier molecular flexibility index (Phi) is 2.25. The summed E-state index contributed by atoms with van der Waals surface area (Å²) in [7, 11) is 0. The van der Waals surface area contributed by atoms with Crippen molar-refractivity contribution in [3.63, 3.8) is 0 Å². The number of fused-ring (bicyclic) bond motifs is 3. The quantitative estimate of drug-likeness (QED) is 0.729. The van der Waals surface area contributed by atoms with E-state index in [1.165, 1.54) is 29.6 Å². The molecule has 1 aromatic heterocycles. The lowest BCUT2D eigenvalue weighted by Crippen LogP contribution is -2.88. The summed E-state index contributed by atoms with van der Waals surface area (Å²) in [6, 6.07) is 9.28. The minimum atomic E-state index is 0.608. The second kappa shape index (κ2) is 3.63. The molecule has 2 aromatic rings. The summed E-state index contributed by atoms with van der Waals surface area (Å²) in [6.07, 6.45) is 1.20. The molecule has 1 unspecified atom stereocenters. The highest BCUT2D eigenvalue weighted by Gasteiger charge is 2.28. The Balaban J connectivity index is 2.21. The predicted molar refractivity (Wildman–Crippen MR) is 66.4 cm³/mol. The number of benzene rings is 1. The van der Waals surface area contributed by atoms with Crippen LogP contribution >= 0.6 is 0 Å². The van der Waals surface area contributed by atoms with Crippen molar-refractivity contribution in [2.75, 3.05) is 6.54 Å². The van der Waals surface area contributed by atoms with Gasteiger partial charge in [0.25, 0.3) is 0 Å². The number of nitrogens with two attached hydrogens (primary N) is 1. The Labute approximate surface area is 96.1 Å². The Morgan fingerprint density at radius 1 is 1.31 bits per heavy atom. The maximum absolute atomic E-state index is 3.62. The number of hydrogen-bond donors (Lipinski definition) is 2. The highest BCUT2D eigenvalue weighted by atomic mass is 15.0. The van der Waals surface area contributed by atoms with Crippen molar-refractivity contribution in [1.82, 2.24) is 4.98 Å². The summed E-state index contributed by atoms with van der Waals surface area (Å²) >= 11 is 0. The van der Waals surface area contributed by atoms with Gasteiger partial charge in [-0.25, -0.2) is 0 Å². The number of quaternary nitrogens is 1. The Morgan fingerprint density at radius 3 is 2.94 bits per heavy atom. The van der Waals surface area contributed by atoms with Gasteiger partial charge in [-0.15, -0.1) is 0 Å². The Morgan fingerprint density at radius 2 is 2.12 bits per heavy atom. The summed E-state index contributed by atoms with van der Waals surface area (Å²) in [5, 5.41) is 3.90. The third kappa shape index (κ3) is 1.37. The van der Waals surface area contributed by atoms with Crippen LogP contribution < -0.4 is 5.32 Å². The van der Waals surface area contributed by atoms with E-state index >= 15 is 0 Å². The predicted octanol–water partition coefficient (Wildman–Crippen LogP) is 1.98. The third-order valence-corrected chi connectivity index (χ3v) is 3.71. The van der Waals surface area contributed by atoms with Crippen LogP contribution in [0.3, 0.4) is 0 Å². The molecule has 1 aromatic carbocycles. The molecule has 16 heavy (non-hydrogen) atoms. The summed E-state index contributed by atoms with van der Waals surface area (Å²) in [4.78, 5) is 3.62. The fourth-order valence-electron chi connectivity index (χ4n) is 2.91. The zero-order valence-corrected chi connectivity index (χ0v) is 9.96. The van der Waals surface area contributed by atoms with E-state index in [1.54, 1.807) is 5.56 Å². The van der Waals surface area contributed by atoms with Crippen LogP contribution in [0.4, 0.5) is 0 Å². The SMILES string of the molecule is CC(C)C1[NH2+]CCc2c1[nH]c1ccccc21. The maximum Gasteiger partial charge on any atom is 0.129 e.